The summed E-state index contributed by atoms with van der Waals surface area (Å²) in [7, 11) is 0. The van der Waals surface area contributed by atoms with Gasteiger partial charge in [0.25, 0.3) is 0 Å². The first kappa shape index (κ1) is 11.8. The van der Waals surface area contributed by atoms with E-state index in [9.17, 15) is 9.59 Å². The van der Waals surface area contributed by atoms with Crippen molar-refractivity contribution in [3.63, 3.8) is 0 Å². The third-order valence-corrected chi connectivity index (χ3v) is 4.39. The Morgan fingerprint density at radius 1 is 0.833 bits per heavy atom. The number of likely N-dealkylation sites (tertiary alicyclic amines) is 2. The fourth-order valence-corrected chi connectivity index (χ4v) is 3.19. The van der Waals surface area contributed by atoms with Crippen molar-refractivity contribution in [3.8, 4) is 0 Å². The molecule has 18 heavy (non-hydrogen) atoms. The van der Waals surface area contributed by atoms with Gasteiger partial charge in [-0.3, -0.25) is 9.59 Å². The Hall–Kier alpha value is -1.32. The van der Waals surface area contributed by atoms with Gasteiger partial charge in [0, 0.05) is 26.2 Å². The molecule has 4 nitrogen and oxygen atoms in total. The fourth-order valence-electron chi connectivity index (χ4n) is 3.19. The van der Waals surface area contributed by atoms with Gasteiger partial charge in [-0.15, -0.1) is 0 Å². The van der Waals surface area contributed by atoms with E-state index in [0.29, 0.717) is 0 Å². The molecule has 0 N–H and O–H groups in total. The molecule has 2 heterocycles. The van der Waals surface area contributed by atoms with Crippen LogP contribution in [0.25, 0.3) is 0 Å². The molecular weight excluding hydrogens is 228 g/mol. The Balaban J connectivity index is 1.63. The lowest BCUT2D eigenvalue weighted by Crippen LogP contribution is -2.33. The maximum Gasteiger partial charge on any atom is 0.230 e. The van der Waals surface area contributed by atoms with Crippen molar-refractivity contribution in [1.82, 2.24) is 9.80 Å². The molecule has 2 atom stereocenters. The summed E-state index contributed by atoms with van der Waals surface area (Å²) in [5.74, 6) is -0.155. The van der Waals surface area contributed by atoms with Crippen molar-refractivity contribution in [2.24, 2.45) is 11.8 Å². The van der Waals surface area contributed by atoms with E-state index >= 15 is 0 Å². The predicted octanol–water partition coefficient (Wildman–Crippen LogP) is 1.03. The highest BCUT2D eigenvalue weighted by atomic mass is 16.2. The van der Waals surface area contributed by atoms with E-state index < -0.39 is 0 Å². The molecular formula is C14H20N2O2. The molecule has 0 aromatic carbocycles. The molecule has 1 saturated carbocycles. The average Bonchev–Trinajstić information content (AvgIpc) is 2.90. The Labute approximate surface area is 108 Å². The highest BCUT2D eigenvalue weighted by Crippen LogP contribution is 2.47. The maximum absolute atomic E-state index is 12.2. The van der Waals surface area contributed by atoms with Gasteiger partial charge in [0.05, 0.1) is 11.8 Å². The first-order chi connectivity index (χ1) is 8.70. The number of hydrogen-bond donors (Lipinski definition) is 0. The second-order valence-electron chi connectivity index (χ2n) is 5.60. The Morgan fingerprint density at radius 3 is 1.50 bits per heavy atom. The normalized spacial score (nSPS) is 31.0. The van der Waals surface area contributed by atoms with Gasteiger partial charge in [-0.2, -0.15) is 0 Å². The lowest BCUT2D eigenvalue weighted by atomic mass is 10.2. The third kappa shape index (κ3) is 1.84. The van der Waals surface area contributed by atoms with E-state index in [4.69, 9.17) is 0 Å². The summed E-state index contributed by atoms with van der Waals surface area (Å²) in [6, 6.07) is 0. The molecule has 0 aromatic heterocycles. The van der Waals surface area contributed by atoms with Crippen molar-refractivity contribution in [3.05, 3.63) is 12.2 Å². The van der Waals surface area contributed by atoms with Crippen molar-refractivity contribution in [1.29, 1.82) is 0 Å². The number of amides is 2. The van der Waals surface area contributed by atoms with Crippen LogP contribution in [0.5, 0.6) is 0 Å². The minimum absolute atomic E-state index is 0.134. The summed E-state index contributed by atoms with van der Waals surface area (Å²) in [6.45, 7) is 7.34. The quantitative estimate of drug-likeness (QED) is 0.685. The number of carbonyl (C=O) groups is 2. The molecule has 0 aromatic rings. The largest absolute Gasteiger partial charge is 0.342 e. The lowest BCUT2D eigenvalue weighted by Gasteiger charge is -2.17. The summed E-state index contributed by atoms with van der Waals surface area (Å²) < 4.78 is 0. The summed E-state index contributed by atoms with van der Waals surface area (Å²) in [5.41, 5.74) is 0.837. The number of nitrogens with zero attached hydrogens (tertiary/aromatic N) is 2. The van der Waals surface area contributed by atoms with Crippen molar-refractivity contribution >= 4 is 11.8 Å². The van der Waals surface area contributed by atoms with Gasteiger partial charge in [-0.1, -0.05) is 12.2 Å². The van der Waals surface area contributed by atoms with Crippen LogP contribution in [0.15, 0.2) is 12.2 Å². The first-order valence-corrected chi connectivity index (χ1v) is 6.96. The minimum Gasteiger partial charge on any atom is -0.342 e. The monoisotopic (exact) mass is 248 g/mol. The van der Waals surface area contributed by atoms with Crippen molar-refractivity contribution in [2.75, 3.05) is 26.2 Å². The van der Waals surface area contributed by atoms with E-state index in [1.54, 1.807) is 0 Å². The smallest absolute Gasteiger partial charge is 0.230 e. The van der Waals surface area contributed by atoms with Gasteiger partial charge in [0.15, 0.2) is 0 Å². The lowest BCUT2D eigenvalue weighted by molar-refractivity contribution is -0.136. The first-order valence-electron chi connectivity index (χ1n) is 6.96. The summed E-state index contributed by atoms with van der Waals surface area (Å²) in [4.78, 5) is 28.3. The van der Waals surface area contributed by atoms with Crippen LogP contribution < -0.4 is 0 Å². The van der Waals surface area contributed by atoms with E-state index in [1.165, 1.54) is 0 Å². The molecule has 4 heteroatoms. The van der Waals surface area contributed by atoms with Gasteiger partial charge in [-0.05, 0) is 25.7 Å². The van der Waals surface area contributed by atoms with Crippen molar-refractivity contribution in [2.45, 2.75) is 25.7 Å². The topological polar surface area (TPSA) is 40.6 Å². The molecule has 2 saturated heterocycles. The van der Waals surface area contributed by atoms with Gasteiger partial charge in [-0.25, -0.2) is 0 Å². The van der Waals surface area contributed by atoms with Crippen LogP contribution in [0.2, 0.25) is 0 Å². The molecule has 0 bridgehead atoms. The number of carbonyl (C=O) groups excluding carboxylic acids is 2. The Bertz CT molecular complexity index is 357. The highest BCUT2D eigenvalue weighted by molar-refractivity contribution is 5.99. The molecule has 3 fully saturated rings. The zero-order valence-electron chi connectivity index (χ0n) is 10.7. The van der Waals surface area contributed by atoms with E-state index in [-0.39, 0.29) is 23.7 Å². The molecule has 0 spiro atoms. The Morgan fingerprint density at radius 2 is 1.17 bits per heavy atom. The van der Waals surface area contributed by atoms with Crippen molar-refractivity contribution < 1.29 is 9.59 Å². The van der Waals surface area contributed by atoms with Gasteiger partial charge in [0.1, 0.15) is 0 Å². The van der Waals surface area contributed by atoms with E-state index in [2.05, 4.69) is 6.58 Å². The van der Waals surface area contributed by atoms with Crippen LogP contribution in [0.4, 0.5) is 0 Å². The SMILES string of the molecule is C=C1[C@@H](C(=O)N2CCCC2)[C@@H]1C(=O)N1CCCC1. The van der Waals surface area contributed by atoms with Crippen LogP contribution in [-0.4, -0.2) is 47.8 Å². The molecule has 0 unspecified atom stereocenters. The average molecular weight is 248 g/mol. The van der Waals surface area contributed by atoms with Crippen LogP contribution in [-0.2, 0) is 9.59 Å². The standard InChI is InChI=1S/C14H20N2O2/c1-10-11(13(17)15-6-2-3-7-15)12(10)14(18)16-8-4-5-9-16/h11-12H,1-9H2/t11-,12-/m1/s1. The van der Waals surface area contributed by atoms with E-state index in [0.717, 1.165) is 57.4 Å². The molecule has 2 amide bonds. The number of hydrogen-bond acceptors (Lipinski definition) is 2. The predicted molar refractivity (Wildman–Crippen MR) is 67.7 cm³/mol. The number of rotatable bonds is 2. The van der Waals surface area contributed by atoms with Gasteiger partial charge >= 0.3 is 0 Å². The zero-order valence-corrected chi connectivity index (χ0v) is 10.7. The highest BCUT2D eigenvalue weighted by Gasteiger charge is 2.55. The summed E-state index contributed by atoms with van der Waals surface area (Å²) in [6.07, 6.45) is 4.37. The summed E-state index contributed by atoms with van der Waals surface area (Å²) >= 11 is 0. The van der Waals surface area contributed by atoms with E-state index in [1.807, 2.05) is 9.80 Å². The molecule has 3 aliphatic rings. The van der Waals surface area contributed by atoms with Crippen LogP contribution in [0.1, 0.15) is 25.7 Å². The Kier molecular flexibility index (Phi) is 2.88. The second kappa shape index (κ2) is 4.41. The van der Waals surface area contributed by atoms with Crippen LogP contribution >= 0.6 is 0 Å². The third-order valence-electron chi connectivity index (χ3n) is 4.39. The molecule has 0 radical (unpaired) electrons. The maximum atomic E-state index is 12.2. The molecule has 2 aliphatic heterocycles. The fraction of sp³-hybridized carbons (Fsp3) is 0.714. The molecule has 3 rings (SSSR count). The molecule has 98 valence electrons. The minimum atomic E-state index is -0.212. The van der Waals surface area contributed by atoms with Gasteiger partial charge < -0.3 is 9.80 Å². The second-order valence-corrected chi connectivity index (χ2v) is 5.60. The molecule has 1 aliphatic carbocycles. The zero-order chi connectivity index (χ0) is 12.7. The van der Waals surface area contributed by atoms with Crippen LogP contribution in [0, 0.1) is 11.8 Å². The van der Waals surface area contributed by atoms with Gasteiger partial charge in [0.2, 0.25) is 11.8 Å². The summed E-state index contributed by atoms with van der Waals surface area (Å²) in [5, 5.41) is 0. The van der Waals surface area contributed by atoms with Crippen LogP contribution in [0.3, 0.4) is 0 Å².